The molecule has 1 aromatic carbocycles. The van der Waals surface area contributed by atoms with Gasteiger partial charge >= 0.3 is 0 Å². The number of nitrogens with zero attached hydrogens (tertiary/aromatic N) is 2. The Morgan fingerprint density at radius 3 is 1.25 bits per heavy atom. The van der Waals surface area contributed by atoms with Gasteiger partial charge in [-0.05, 0) is 73.9 Å². The zero-order valence-corrected chi connectivity index (χ0v) is 12.5. The fourth-order valence-electron chi connectivity index (χ4n) is 2.64. The Morgan fingerprint density at radius 2 is 1.00 bits per heavy atom. The number of hydrogen-bond acceptors (Lipinski definition) is 4. The lowest BCUT2D eigenvalue weighted by atomic mass is 9.86. The molecular weight excluding hydrogens is 252 g/mol. The monoisotopic (exact) mass is 272 g/mol. The van der Waals surface area contributed by atoms with Crippen molar-refractivity contribution in [1.29, 1.82) is 0 Å². The second-order valence-electron chi connectivity index (χ2n) is 4.90. The summed E-state index contributed by atoms with van der Waals surface area (Å²) in [5, 5.41) is 0. The maximum atomic E-state index is 10.2. The number of rotatable bonds is 6. The predicted molar refractivity (Wildman–Crippen MR) is 78.8 cm³/mol. The Morgan fingerprint density at radius 1 is 0.700 bits per heavy atom. The summed E-state index contributed by atoms with van der Waals surface area (Å²) in [6.45, 7) is 9.31. The minimum absolute atomic E-state index is 0.471. The summed E-state index contributed by atoms with van der Waals surface area (Å²) in [6.07, 6.45) is 4.66. The third-order valence-corrected chi connectivity index (χ3v) is 4.01. The first kappa shape index (κ1) is 16.0. The number of carbonyl (C=O) groups excluding carboxylic acids is 2. The molecule has 0 heterocycles. The largest absolute Gasteiger partial charge is 0.234 e. The lowest BCUT2D eigenvalue weighted by Gasteiger charge is -2.19. The SMILES string of the molecule is Cc1c(C)c(CCN=C=O)c(C)c(C)c1CCN=C=O. The van der Waals surface area contributed by atoms with E-state index >= 15 is 0 Å². The molecule has 0 fully saturated rings. The van der Waals surface area contributed by atoms with Crippen molar-refractivity contribution in [2.75, 3.05) is 13.1 Å². The summed E-state index contributed by atoms with van der Waals surface area (Å²) in [6, 6.07) is 0. The summed E-state index contributed by atoms with van der Waals surface area (Å²) >= 11 is 0. The van der Waals surface area contributed by atoms with Gasteiger partial charge in [-0.25, -0.2) is 19.6 Å². The molecule has 1 aromatic rings. The standard InChI is InChI=1S/C16H20N2O2/c1-11-12(2)16(6-8-18-10-20)14(4)13(3)15(11)5-7-17-9-19/h5-8H2,1-4H3. The Hall–Kier alpha value is -2.02. The van der Waals surface area contributed by atoms with Crippen molar-refractivity contribution in [2.24, 2.45) is 9.98 Å². The number of aliphatic imine (C=N–C) groups is 2. The Balaban J connectivity index is 3.18. The predicted octanol–water partition coefficient (Wildman–Crippen LogP) is 2.68. The fraction of sp³-hybridized carbons (Fsp3) is 0.500. The third-order valence-electron chi connectivity index (χ3n) is 4.01. The average Bonchev–Trinajstić information content (AvgIpc) is 2.44. The molecular formula is C16H20N2O2. The van der Waals surface area contributed by atoms with Gasteiger partial charge in [0.2, 0.25) is 12.2 Å². The highest BCUT2D eigenvalue weighted by atomic mass is 16.1. The molecule has 0 aromatic heterocycles. The molecule has 0 atom stereocenters. The average molecular weight is 272 g/mol. The van der Waals surface area contributed by atoms with Crippen LogP contribution in [0.4, 0.5) is 0 Å². The molecule has 0 N–H and O–H groups in total. The van der Waals surface area contributed by atoms with E-state index in [1.807, 2.05) is 0 Å². The molecule has 4 nitrogen and oxygen atoms in total. The highest BCUT2D eigenvalue weighted by Gasteiger charge is 2.14. The lowest BCUT2D eigenvalue weighted by Crippen LogP contribution is -2.07. The molecule has 0 saturated carbocycles. The quantitative estimate of drug-likeness (QED) is 0.590. The molecule has 0 amide bonds. The van der Waals surface area contributed by atoms with Crippen LogP contribution in [0.1, 0.15) is 33.4 Å². The van der Waals surface area contributed by atoms with Gasteiger partial charge in [0.05, 0.1) is 13.1 Å². The number of isocyanates is 2. The van der Waals surface area contributed by atoms with Gasteiger partial charge in [-0.1, -0.05) is 0 Å². The number of benzene rings is 1. The van der Waals surface area contributed by atoms with Crippen molar-refractivity contribution in [3.63, 3.8) is 0 Å². The van der Waals surface area contributed by atoms with Crippen LogP contribution in [-0.4, -0.2) is 25.2 Å². The topological polar surface area (TPSA) is 58.9 Å². The molecule has 4 heteroatoms. The first-order valence-corrected chi connectivity index (χ1v) is 6.70. The molecule has 0 bridgehead atoms. The van der Waals surface area contributed by atoms with Crippen molar-refractivity contribution >= 4 is 12.2 Å². The van der Waals surface area contributed by atoms with E-state index in [1.54, 1.807) is 12.2 Å². The molecule has 0 aliphatic heterocycles. The Kier molecular flexibility index (Phi) is 6.05. The van der Waals surface area contributed by atoms with E-state index in [9.17, 15) is 9.59 Å². The van der Waals surface area contributed by atoms with Gasteiger partial charge in [0, 0.05) is 0 Å². The Bertz CT molecular complexity index is 511. The fourth-order valence-corrected chi connectivity index (χ4v) is 2.64. The van der Waals surface area contributed by atoms with Gasteiger partial charge in [0.25, 0.3) is 0 Å². The summed E-state index contributed by atoms with van der Waals surface area (Å²) in [4.78, 5) is 27.6. The van der Waals surface area contributed by atoms with Crippen molar-refractivity contribution in [1.82, 2.24) is 0 Å². The van der Waals surface area contributed by atoms with Crippen LogP contribution >= 0.6 is 0 Å². The van der Waals surface area contributed by atoms with Crippen LogP contribution in [-0.2, 0) is 22.4 Å². The summed E-state index contributed by atoms with van der Waals surface area (Å²) in [5.41, 5.74) is 7.44. The van der Waals surface area contributed by atoms with Gasteiger partial charge < -0.3 is 0 Å². The van der Waals surface area contributed by atoms with Crippen LogP contribution in [0.25, 0.3) is 0 Å². The van der Waals surface area contributed by atoms with Crippen molar-refractivity contribution in [2.45, 2.75) is 40.5 Å². The van der Waals surface area contributed by atoms with E-state index in [2.05, 4.69) is 37.7 Å². The molecule has 0 aliphatic carbocycles. The maximum absolute atomic E-state index is 10.2. The van der Waals surface area contributed by atoms with Gasteiger partial charge in [-0.3, -0.25) is 0 Å². The maximum Gasteiger partial charge on any atom is 0.234 e. The van der Waals surface area contributed by atoms with Crippen LogP contribution in [0.3, 0.4) is 0 Å². The van der Waals surface area contributed by atoms with Crippen molar-refractivity contribution in [3.05, 3.63) is 33.4 Å². The summed E-state index contributed by atoms with van der Waals surface area (Å²) in [7, 11) is 0. The molecule has 20 heavy (non-hydrogen) atoms. The van der Waals surface area contributed by atoms with E-state index in [1.165, 1.54) is 33.4 Å². The van der Waals surface area contributed by atoms with Gasteiger partial charge in [0.15, 0.2) is 0 Å². The second kappa shape index (κ2) is 7.54. The zero-order valence-electron chi connectivity index (χ0n) is 12.5. The third kappa shape index (κ3) is 3.51. The van der Waals surface area contributed by atoms with E-state index in [0.29, 0.717) is 13.1 Å². The highest BCUT2D eigenvalue weighted by molar-refractivity contribution is 5.50. The highest BCUT2D eigenvalue weighted by Crippen LogP contribution is 2.27. The summed E-state index contributed by atoms with van der Waals surface area (Å²) in [5.74, 6) is 0. The van der Waals surface area contributed by atoms with Crippen LogP contribution < -0.4 is 0 Å². The minimum Gasteiger partial charge on any atom is -0.211 e. The molecule has 0 saturated heterocycles. The van der Waals surface area contributed by atoms with Crippen molar-refractivity contribution < 1.29 is 9.59 Å². The first-order chi connectivity index (χ1) is 9.54. The molecule has 106 valence electrons. The van der Waals surface area contributed by atoms with E-state index in [-0.39, 0.29) is 0 Å². The molecule has 0 radical (unpaired) electrons. The van der Waals surface area contributed by atoms with Crippen LogP contribution in [0, 0.1) is 27.7 Å². The van der Waals surface area contributed by atoms with Crippen LogP contribution in [0.2, 0.25) is 0 Å². The van der Waals surface area contributed by atoms with Crippen molar-refractivity contribution in [3.8, 4) is 0 Å². The van der Waals surface area contributed by atoms with Gasteiger partial charge in [0.1, 0.15) is 0 Å². The zero-order chi connectivity index (χ0) is 15.1. The number of hydrogen-bond donors (Lipinski definition) is 0. The van der Waals surface area contributed by atoms with Gasteiger partial charge in [-0.2, -0.15) is 0 Å². The molecule has 0 unspecified atom stereocenters. The van der Waals surface area contributed by atoms with E-state index in [4.69, 9.17) is 0 Å². The normalized spacial score (nSPS) is 9.80. The molecule has 0 aliphatic rings. The van der Waals surface area contributed by atoms with E-state index < -0.39 is 0 Å². The minimum atomic E-state index is 0.471. The van der Waals surface area contributed by atoms with Crippen LogP contribution in [0.5, 0.6) is 0 Å². The van der Waals surface area contributed by atoms with E-state index in [0.717, 1.165) is 12.8 Å². The smallest absolute Gasteiger partial charge is 0.211 e. The Labute approximate surface area is 119 Å². The lowest BCUT2D eigenvalue weighted by molar-refractivity contribution is 0.562. The molecule has 1 rings (SSSR count). The second-order valence-corrected chi connectivity index (χ2v) is 4.90. The van der Waals surface area contributed by atoms with Crippen LogP contribution in [0.15, 0.2) is 9.98 Å². The molecule has 0 spiro atoms. The first-order valence-electron chi connectivity index (χ1n) is 6.70. The summed E-state index contributed by atoms with van der Waals surface area (Å²) < 4.78 is 0. The van der Waals surface area contributed by atoms with Gasteiger partial charge in [-0.15, -0.1) is 0 Å².